The maximum atomic E-state index is 12.1. The van der Waals surface area contributed by atoms with E-state index < -0.39 is 5.97 Å². The number of hydrogen-bond donors (Lipinski definition) is 3. The van der Waals surface area contributed by atoms with Gasteiger partial charge in [-0.15, -0.1) is 0 Å². The van der Waals surface area contributed by atoms with E-state index in [1.54, 1.807) is 0 Å². The van der Waals surface area contributed by atoms with Gasteiger partial charge in [-0.05, 0) is 38.7 Å². The summed E-state index contributed by atoms with van der Waals surface area (Å²) in [4.78, 5) is 35.7. The SMILES string of the molecule is CC/C=C\CC(=O)NCCOCCNC(=O)CC/C(C)=C/Cc1c(O)c2c(c(C)c1OC)COC2=O. The van der Waals surface area contributed by atoms with E-state index in [-0.39, 0.29) is 29.7 Å². The lowest BCUT2D eigenvalue weighted by molar-refractivity contribution is -0.121. The minimum absolute atomic E-state index is 0.0394. The molecule has 0 radical (unpaired) electrons. The predicted octanol–water partition coefficient (Wildman–Crippen LogP) is 3.25. The molecule has 3 N–H and O–H groups in total. The van der Waals surface area contributed by atoms with Crippen LogP contribution in [0.4, 0.5) is 0 Å². The smallest absolute Gasteiger partial charge is 0.342 e. The van der Waals surface area contributed by atoms with Gasteiger partial charge in [-0.2, -0.15) is 0 Å². The number of ether oxygens (including phenoxy) is 3. The van der Waals surface area contributed by atoms with Gasteiger partial charge in [0.1, 0.15) is 23.7 Å². The maximum Gasteiger partial charge on any atom is 0.342 e. The summed E-state index contributed by atoms with van der Waals surface area (Å²) in [5.74, 6) is -0.217. The number of allylic oxidation sites excluding steroid dienone is 3. The van der Waals surface area contributed by atoms with Gasteiger partial charge in [0.05, 0.1) is 20.3 Å². The zero-order chi connectivity index (χ0) is 26.5. The molecule has 2 rings (SSSR count). The van der Waals surface area contributed by atoms with Crippen LogP contribution in [0.1, 0.15) is 66.6 Å². The normalized spacial score (nSPS) is 13.0. The highest BCUT2D eigenvalue weighted by Gasteiger charge is 2.31. The number of carbonyl (C=O) groups is 3. The summed E-state index contributed by atoms with van der Waals surface area (Å²) >= 11 is 0. The first-order chi connectivity index (χ1) is 17.3. The lowest BCUT2D eigenvalue weighted by Crippen LogP contribution is -2.29. The molecule has 1 aliphatic heterocycles. The number of methoxy groups -OCH3 is 1. The molecule has 1 aromatic rings. The fraction of sp³-hybridized carbons (Fsp3) is 0.519. The van der Waals surface area contributed by atoms with Gasteiger partial charge >= 0.3 is 5.97 Å². The number of rotatable bonds is 15. The molecule has 0 spiro atoms. The standard InChI is InChI=1S/C27H38N2O7/c1-5-6-7-8-22(30)28-13-15-35-16-14-29-23(31)12-10-18(2)9-11-20-25(32)24-21(17-36-27(24)33)19(3)26(20)34-4/h6-7,9,32H,5,8,10-17H2,1-4H3,(H,28,30)(H,29,31)/b7-6-,18-9+. The Morgan fingerprint density at radius 1 is 1.11 bits per heavy atom. The van der Waals surface area contributed by atoms with Gasteiger partial charge in [0, 0.05) is 37.1 Å². The molecule has 36 heavy (non-hydrogen) atoms. The maximum absolute atomic E-state index is 12.1. The van der Waals surface area contributed by atoms with Crippen LogP contribution < -0.4 is 15.4 Å². The molecule has 2 amide bonds. The number of benzene rings is 1. The van der Waals surface area contributed by atoms with Crippen LogP contribution in [-0.2, 0) is 32.1 Å². The second-order valence-corrected chi connectivity index (χ2v) is 8.57. The third-order valence-corrected chi connectivity index (χ3v) is 5.89. The van der Waals surface area contributed by atoms with Crippen molar-refractivity contribution < 1.29 is 33.7 Å². The van der Waals surface area contributed by atoms with Crippen LogP contribution in [-0.4, -0.2) is 56.3 Å². The molecule has 0 fully saturated rings. The Balaban J connectivity index is 1.70. The van der Waals surface area contributed by atoms with Crippen LogP contribution >= 0.6 is 0 Å². The summed E-state index contributed by atoms with van der Waals surface area (Å²) in [6.07, 6.45) is 8.24. The van der Waals surface area contributed by atoms with Crippen LogP contribution in [0.5, 0.6) is 11.5 Å². The average molecular weight is 503 g/mol. The highest BCUT2D eigenvalue weighted by molar-refractivity contribution is 5.98. The number of cyclic esters (lactones) is 1. The molecular formula is C27H38N2O7. The predicted molar refractivity (Wildman–Crippen MR) is 136 cm³/mol. The first kappa shape index (κ1) is 28.9. The summed E-state index contributed by atoms with van der Waals surface area (Å²) in [6, 6.07) is 0. The van der Waals surface area contributed by atoms with E-state index >= 15 is 0 Å². The highest BCUT2D eigenvalue weighted by Crippen LogP contribution is 2.42. The van der Waals surface area contributed by atoms with E-state index in [1.165, 1.54) is 7.11 Å². The van der Waals surface area contributed by atoms with Crippen LogP contribution in [0, 0.1) is 6.92 Å². The van der Waals surface area contributed by atoms with Gasteiger partial charge in [0.15, 0.2) is 0 Å². The molecule has 1 aliphatic rings. The largest absolute Gasteiger partial charge is 0.507 e. The van der Waals surface area contributed by atoms with E-state index in [0.717, 1.165) is 17.6 Å². The summed E-state index contributed by atoms with van der Waals surface area (Å²) < 4.78 is 16.0. The van der Waals surface area contributed by atoms with Crippen LogP contribution in [0.2, 0.25) is 0 Å². The molecule has 1 heterocycles. The van der Waals surface area contributed by atoms with Crippen LogP contribution in [0.3, 0.4) is 0 Å². The summed E-state index contributed by atoms with van der Waals surface area (Å²) in [6.45, 7) is 7.49. The van der Waals surface area contributed by atoms with Gasteiger partial charge in [0.25, 0.3) is 0 Å². The van der Waals surface area contributed by atoms with E-state index in [2.05, 4.69) is 10.6 Å². The quantitative estimate of drug-likeness (QED) is 0.191. The Kier molecular flexibility index (Phi) is 12.0. The Morgan fingerprint density at radius 2 is 1.81 bits per heavy atom. The Bertz CT molecular complexity index is 999. The molecule has 0 saturated heterocycles. The zero-order valence-electron chi connectivity index (χ0n) is 21.7. The van der Waals surface area contributed by atoms with Crippen molar-refractivity contribution in [2.75, 3.05) is 33.4 Å². The van der Waals surface area contributed by atoms with E-state index in [1.807, 2.05) is 39.0 Å². The molecular weight excluding hydrogens is 464 g/mol. The van der Waals surface area contributed by atoms with Gasteiger partial charge in [0.2, 0.25) is 11.8 Å². The van der Waals surface area contributed by atoms with Gasteiger partial charge < -0.3 is 30.0 Å². The molecule has 0 unspecified atom stereocenters. The molecule has 0 aromatic heterocycles. The number of carbonyl (C=O) groups excluding carboxylic acids is 3. The van der Waals surface area contributed by atoms with Crippen LogP contribution in [0.25, 0.3) is 0 Å². The third kappa shape index (κ3) is 8.41. The molecule has 0 saturated carbocycles. The molecule has 1 aromatic carbocycles. The second kappa shape index (κ2) is 14.9. The fourth-order valence-corrected chi connectivity index (χ4v) is 3.86. The summed E-state index contributed by atoms with van der Waals surface area (Å²) in [5.41, 5.74) is 3.16. The summed E-state index contributed by atoms with van der Waals surface area (Å²) in [7, 11) is 1.53. The van der Waals surface area contributed by atoms with E-state index in [9.17, 15) is 19.5 Å². The fourth-order valence-electron chi connectivity index (χ4n) is 3.86. The number of esters is 1. The topological polar surface area (TPSA) is 123 Å². The molecule has 0 bridgehead atoms. The van der Waals surface area contributed by atoms with E-state index in [0.29, 0.717) is 68.9 Å². The number of nitrogens with one attached hydrogen (secondary N) is 2. The number of amides is 2. The Labute approximate surface area is 212 Å². The zero-order valence-corrected chi connectivity index (χ0v) is 21.7. The van der Waals surface area contributed by atoms with Gasteiger partial charge in [-0.25, -0.2) is 4.79 Å². The molecule has 0 atom stereocenters. The van der Waals surface area contributed by atoms with Crippen molar-refractivity contribution in [3.05, 3.63) is 46.1 Å². The van der Waals surface area contributed by atoms with Crippen molar-refractivity contribution in [1.82, 2.24) is 10.6 Å². The summed E-state index contributed by atoms with van der Waals surface area (Å²) in [5, 5.41) is 16.3. The van der Waals surface area contributed by atoms with E-state index in [4.69, 9.17) is 14.2 Å². The number of aromatic hydroxyl groups is 1. The lowest BCUT2D eigenvalue weighted by Gasteiger charge is -2.15. The average Bonchev–Trinajstić information content (AvgIpc) is 3.25. The van der Waals surface area contributed by atoms with Crippen molar-refractivity contribution in [2.24, 2.45) is 0 Å². The number of phenols is 1. The highest BCUT2D eigenvalue weighted by atomic mass is 16.5. The van der Waals surface area contributed by atoms with Crippen molar-refractivity contribution >= 4 is 17.8 Å². The second-order valence-electron chi connectivity index (χ2n) is 8.57. The van der Waals surface area contributed by atoms with Crippen LogP contribution in [0.15, 0.2) is 23.8 Å². The minimum atomic E-state index is -0.527. The molecule has 0 aliphatic carbocycles. The Morgan fingerprint density at radius 3 is 2.47 bits per heavy atom. The number of phenolic OH excluding ortho intramolecular Hbond substituents is 1. The number of fused-ring (bicyclic) bond motifs is 1. The molecule has 198 valence electrons. The van der Waals surface area contributed by atoms with Crippen molar-refractivity contribution in [1.29, 1.82) is 0 Å². The van der Waals surface area contributed by atoms with Gasteiger partial charge in [-0.1, -0.05) is 30.7 Å². The van der Waals surface area contributed by atoms with Gasteiger partial charge in [-0.3, -0.25) is 9.59 Å². The lowest BCUT2D eigenvalue weighted by atomic mass is 9.94. The first-order valence-electron chi connectivity index (χ1n) is 12.3. The monoisotopic (exact) mass is 502 g/mol. The molecule has 9 heteroatoms. The first-order valence-corrected chi connectivity index (χ1v) is 12.3. The molecule has 9 nitrogen and oxygen atoms in total. The van der Waals surface area contributed by atoms with Crippen molar-refractivity contribution in [2.45, 2.75) is 59.5 Å². The Hall–Kier alpha value is -3.33. The third-order valence-electron chi connectivity index (χ3n) is 5.89. The van der Waals surface area contributed by atoms with Crippen molar-refractivity contribution in [3.63, 3.8) is 0 Å². The van der Waals surface area contributed by atoms with Crippen molar-refractivity contribution in [3.8, 4) is 11.5 Å². The minimum Gasteiger partial charge on any atom is -0.507 e. The number of hydrogen-bond acceptors (Lipinski definition) is 7.